The Morgan fingerprint density at radius 1 is 1.39 bits per heavy atom. The van der Waals surface area contributed by atoms with Crippen LogP contribution in [-0.4, -0.2) is 33.0 Å². The molecule has 0 fully saturated rings. The van der Waals surface area contributed by atoms with Gasteiger partial charge in [0.2, 0.25) is 0 Å². The number of para-hydroxylation sites is 1. The topological polar surface area (TPSA) is 83.4 Å². The second kappa shape index (κ2) is 9.62. The fourth-order valence-corrected chi connectivity index (χ4v) is 2.05. The minimum Gasteiger partial charge on any atom is -0.385 e. The summed E-state index contributed by atoms with van der Waals surface area (Å²) < 4.78 is 10.0. The third kappa shape index (κ3) is 5.40. The summed E-state index contributed by atoms with van der Waals surface area (Å²) in [5.41, 5.74) is 2.73. The zero-order valence-electron chi connectivity index (χ0n) is 14.0. The second-order valence-corrected chi connectivity index (χ2v) is 4.90. The molecular formula is C17H23N3O3. The molecule has 0 saturated heterocycles. The summed E-state index contributed by atoms with van der Waals surface area (Å²) in [6.07, 6.45) is 1.71. The van der Waals surface area contributed by atoms with E-state index in [-0.39, 0.29) is 5.57 Å². The van der Waals surface area contributed by atoms with Crippen molar-refractivity contribution in [2.75, 3.05) is 26.1 Å². The zero-order valence-corrected chi connectivity index (χ0v) is 14.0. The fourth-order valence-electron chi connectivity index (χ4n) is 2.05. The van der Waals surface area contributed by atoms with Gasteiger partial charge in [-0.05, 0) is 24.5 Å². The molecule has 0 radical (unpaired) electrons. The van der Waals surface area contributed by atoms with Crippen LogP contribution in [0.15, 0.2) is 30.0 Å². The Hall–Kier alpha value is -2.36. The van der Waals surface area contributed by atoms with Gasteiger partial charge in [-0.15, -0.1) is 0 Å². The molecule has 1 amide bonds. The first-order chi connectivity index (χ1) is 11.1. The highest BCUT2D eigenvalue weighted by Gasteiger charge is 2.13. The molecule has 2 N–H and O–H groups in total. The Kier molecular flexibility index (Phi) is 7.81. The third-order valence-corrected chi connectivity index (χ3v) is 3.40. The molecule has 23 heavy (non-hydrogen) atoms. The van der Waals surface area contributed by atoms with Crippen LogP contribution in [-0.2, 0) is 20.7 Å². The standard InChI is InChI=1S/C17H23N3O3/c1-5-13-8-6-7-12(2)16(13)20-17(21)14(9-18)10-19-11-15(22-3)23-4/h6-8,10,15,19H,5,11H2,1-4H3,(H,20,21)/b14-10-. The summed E-state index contributed by atoms with van der Waals surface area (Å²) in [6, 6.07) is 7.72. The summed E-state index contributed by atoms with van der Waals surface area (Å²) in [7, 11) is 3.03. The molecule has 0 aliphatic carbocycles. The highest BCUT2D eigenvalue weighted by Crippen LogP contribution is 2.21. The van der Waals surface area contributed by atoms with Crippen molar-refractivity contribution in [1.29, 1.82) is 5.26 Å². The van der Waals surface area contributed by atoms with Gasteiger partial charge in [-0.1, -0.05) is 25.1 Å². The fraction of sp³-hybridized carbons (Fsp3) is 0.412. The number of carbonyl (C=O) groups is 1. The van der Waals surface area contributed by atoms with E-state index >= 15 is 0 Å². The molecule has 0 spiro atoms. The Balaban J connectivity index is 2.81. The average Bonchev–Trinajstić information content (AvgIpc) is 2.56. The van der Waals surface area contributed by atoms with E-state index in [4.69, 9.17) is 14.7 Å². The first-order valence-corrected chi connectivity index (χ1v) is 7.36. The molecule has 0 saturated carbocycles. The summed E-state index contributed by atoms with van der Waals surface area (Å²) in [6.45, 7) is 4.27. The van der Waals surface area contributed by atoms with Gasteiger partial charge in [0, 0.05) is 26.1 Å². The number of nitriles is 1. The van der Waals surface area contributed by atoms with Crippen LogP contribution in [0.4, 0.5) is 5.69 Å². The summed E-state index contributed by atoms with van der Waals surface area (Å²) in [5.74, 6) is -0.449. The average molecular weight is 317 g/mol. The number of amides is 1. The molecule has 1 aromatic carbocycles. The normalized spacial score (nSPS) is 11.2. The van der Waals surface area contributed by atoms with Gasteiger partial charge >= 0.3 is 0 Å². The SMILES string of the molecule is CCc1cccc(C)c1NC(=O)/C(C#N)=C\NCC(OC)OC. The Morgan fingerprint density at radius 2 is 2.09 bits per heavy atom. The van der Waals surface area contributed by atoms with Crippen molar-refractivity contribution in [1.82, 2.24) is 5.32 Å². The van der Waals surface area contributed by atoms with Gasteiger partial charge in [0.1, 0.15) is 11.6 Å². The van der Waals surface area contributed by atoms with E-state index in [2.05, 4.69) is 10.6 Å². The molecule has 0 aromatic heterocycles. The van der Waals surface area contributed by atoms with E-state index in [1.54, 1.807) is 0 Å². The minimum atomic E-state index is -0.449. The van der Waals surface area contributed by atoms with Crippen molar-refractivity contribution < 1.29 is 14.3 Å². The smallest absolute Gasteiger partial charge is 0.267 e. The van der Waals surface area contributed by atoms with Crippen LogP contribution < -0.4 is 10.6 Å². The Bertz CT molecular complexity index is 602. The van der Waals surface area contributed by atoms with Crippen molar-refractivity contribution >= 4 is 11.6 Å². The molecular weight excluding hydrogens is 294 g/mol. The van der Waals surface area contributed by atoms with Crippen LogP contribution in [0.5, 0.6) is 0 Å². The van der Waals surface area contributed by atoms with E-state index in [0.717, 1.165) is 23.2 Å². The number of benzene rings is 1. The van der Waals surface area contributed by atoms with Gasteiger partial charge in [0.25, 0.3) is 5.91 Å². The lowest BCUT2D eigenvalue weighted by Gasteiger charge is -2.14. The second-order valence-electron chi connectivity index (χ2n) is 4.90. The number of aryl methyl sites for hydroxylation is 2. The lowest BCUT2D eigenvalue weighted by Crippen LogP contribution is -2.27. The van der Waals surface area contributed by atoms with Crippen molar-refractivity contribution in [2.45, 2.75) is 26.6 Å². The molecule has 6 heteroatoms. The van der Waals surface area contributed by atoms with Crippen LogP contribution >= 0.6 is 0 Å². The third-order valence-electron chi connectivity index (χ3n) is 3.40. The molecule has 1 aromatic rings. The van der Waals surface area contributed by atoms with Crippen LogP contribution in [0.25, 0.3) is 0 Å². The number of hydrogen-bond donors (Lipinski definition) is 2. The Morgan fingerprint density at radius 3 is 2.65 bits per heavy atom. The number of anilines is 1. The quantitative estimate of drug-likeness (QED) is 0.436. The van der Waals surface area contributed by atoms with Gasteiger partial charge in [-0.3, -0.25) is 4.79 Å². The first kappa shape index (κ1) is 18.7. The molecule has 0 unspecified atom stereocenters. The molecule has 6 nitrogen and oxygen atoms in total. The van der Waals surface area contributed by atoms with Gasteiger partial charge in [0.15, 0.2) is 6.29 Å². The highest BCUT2D eigenvalue weighted by molar-refractivity contribution is 6.07. The number of methoxy groups -OCH3 is 2. The molecule has 0 atom stereocenters. The summed E-state index contributed by atoms with van der Waals surface area (Å²) >= 11 is 0. The Labute approximate surface area is 137 Å². The predicted molar refractivity (Wildman–Crippen MR) is 88.7 cm³/mol. The number of carbonyl (C=O) groups excluding carboxylic acids is 1. The molecule has 0 bridgehead atoms. The maximum Gasteiger partial charge on any atom is 0.267 e. The van der Waals surface area contributed by atoms with Crippen molar-refractivity contribution in [3.8, 4) is 6.07 Å². The molecule has 0 aliphatic rings. The van der Waals surface area contributed by atoms with Crippen molar-refractivity contribution in [2.24, 2.45) is 0 Å². The lowest BCUT2D eigenvalue weighted by molar-refractivity contribution is -0.112. The number of ether oxygens (including phenoxy) is 2. The minimum absolute atomic E-state index is 0.0127. The summed E-state index contributed by atoms with van der Waals surface area (Å²) in [5, 5.41) is 14.8. The maximum atomic E-state index is 12.3. The molecule has 124 valence electrons. The number of hydrogen-bond acceptors (Lipinski definition) is 5. The largest absolute Gasteiger partial charge is 0.385 e. The van der Waals surface area contributed by atoms with Gasteiger partial charge in [-0.25, -0.2) is 0 Å². The van der Waals surface area contributed by atoms with E-state index in [1.165, 1.54) is 20.4 Å². The lowest BCUT2D eigenvalue weighted by atomic mass is 10.1. The number of nitrogens with one attached hydrogen (secondary N) is 2. The van der Waals surface area contributed by atoms with Crippen LogP contribution in [0.2, 0.25) is 0 Å². The van der Waals surface area contributed by atoms with E-state index in [1.807, 2.05) is 38.1 Å². The van der Waals surface area contributed by atoms with E-state index in [9.17, 15) is 4.79 Å². The highest BCUT2D eigenvalue weighted by atomic mass is 16.7. The predicted octanol–water partition coefficient (Wildman–Crippen LogP) is 2.11. The van der Waals surface area contributed by atoms with Crippen molar-refractivity contribution in [3.63, 3.8) is 0 Å². The number of rotatable bonds is 8. The van der Waals surface area contributed by atoms with E-state index in [0.29, 0.717) is 6.54 Å². The van der Waals surface area contributed by atoms with Gasteiger partial charge < -0.3 is 20.1 Å². The van der Waals surface area contributed by atoms with Crippen molar-refractivity contribution in [3.05, 3.63) is 41.1 Å². The van der Waals surface area contributed by atoms with Crippen LogP contribution in [0.1, 0.15) is 18.1 Å². The monoisotopic (exact) mass is 317 g/mol. The summed E-state index contributed by atoms with van der Waals surface area (Å²) in [4.78, 5) is 12.3. The van der Waals surface area contributed by atoms with Crippen LogP contribution in [0.3, 0.4) is 0 Å². The zero-order chi connectivity index (χ0) is 17.2. The van der Waals surface area contributed by atoms with Crippen LogP contribution in [0, 0.1) is 18.3 Å². The van der Waals surface area contributed by atoms with Gasteiger partial charge in [0.05, 0.1) is 6.54 Å². The first-order valence-electron chi connectivity index (χ1n) is 7.36. The molecule has 0 aliphatic heterocycles. The number of nitrogens with zero attached hydrogens (tertiary/aromatic N) is 1. The maximum absolute atomic E-state index is 12.3. The van der Waals surface area contributed by atoms with E-state index < -0.39 is 12.2 Å². The molecule has 1 rings (SSSR count). The van der Waals surface area contributed by atoms with Gasteiger partial charge in [-0.2, -0.15) is 5.26 Å². The molecule has 0 heterocycles.